The van der Waals surface area contributed by atoms with Crippen molar-refractivity contribution in [2.24, 2.45) is 0 Å². The molecule has 0 bridgehead atoms. The van der Waals surface area contributed by atoms with Crippen LogP contribution in [-0.4, -0.2) is 15.9 Å². The summed E-state index contributed by atoms with van der Waals surface area (Å²) in [4.78, 5) is 20.9. The Balaban J connectivity index is 1.36. The van der Waals surface area contributed by atoms with Gasteiger partial charge in [0.25, 0.3) is 0 Å². The molecule has 4 rings (SSSR count). The van der Waals surface area contributed by atoms with Crippen LogP contribution < -0.4 is 10.1 Å². The van der Waals surface area contributed by atoms with E-state index in [9.17, 15) is 4.79 Å². The maximum atomic E-state index is 12.4. The van der Waals surface area contributed by atoms with Crippen molar-refractivity contribution in [2.75, 3.05) is 5.32 Å². The molecular formula is C23H18ClN3O3. The first-order chi connectivity index (χ1) is 14.7. The zero-order valence-corrected chi connectivity index (χ0v) is 16.7. The number of hydrogen-bond acceptors (Lipinski definition) is 5. The molecule has 0 atom stereocenters. The number of rotatable bonds is 7. The van der Waals surface area contributed by atoms with Crippen LogP contribution in [0.2, 0.25) is 5.02 Å². The third kappa shape index (κ3) is 5.04. The lowest BCUT2D eigenvalue weighted by Gasteiger charge is -2.10. The number of amides is 1. The number of carbonyl (C=O) groups is 1. The van der Waals surface area contributed by atoms with E-state index in [0.717, 1.165) is 5.56 Å². The third-order valence-corrected chi connectivity index (χ3v) is 4.50. The molecule has 0 saturated heterocycles. The van der Waals surface area contributed by atoms with Crippen molar-refractivity contribution in [1.82, 2.24) is 9.97 Å². The van der Waals surface area contributed by atoms with Crippen molar-refractivity contribution >= 4 is 23.2 Å². The maximum Gasteiger partial charge on any atom is 0.243 e. The van der Waals surface area contributed by atoms with Crippen LogP contribution in [-0.2, 0) is 11.2 Å². The smallest absolute Gasteiger partial charge is 0.243 e. The second-order valence-corrected chi connectivity index (χ2v) is 6.88. The Morgan fingerprint density at radius 2 is 1.80 bits per heavy atom. The van der Waals surface area contributed by atoms with Gasteiger partial charge in [-0.15, -0.1) is 0 Å². The van der Waals surface area contributed by atoms with E-state index < -0.39 is 0 Å². The van der Waals surface area contributed by atoms with Gasteiger partial charge in [0.15, 0.2) is 11.7 Å². The second kappa shape index (κ2) is 9.24. The molecule has 1 N–H and O–H groups in total. The van der Waals surface area contributed by atoms with E-state index in [1.165, 1.54) is 0 Å². The van der Waals surface area contributed by atoms with Crippen molar-refractivity contribution in [1.29, 1.82) is 0 Å². The summed E-state index contributed by atoms with van der Waals surface area (Å²) in [6, 6.07) is 20.0. The number of pyridine rings is 1. The number of carbonyl (C=O) groups excluding carboxylic acids is 1. The Morgan fingerprint density at radius 3 is 2.60 bits per heavy atom. The lowest BCUT2D eigenvalue weighted by atomic mass is 10.2. The third-order valence-electron chi connectivity index (χ3n) is 4.25. The average molecular weight is 420 g/mol. The van der Waals surface area contributed by atoms with Crippen LogP contribution in [0.1, 0.15) is 12.3 Å². The molecule has 0 aliphatic carbocycles. The van der Waals surface area contributed by atoms with E-state index in [2.05, 4.69) is 15.3 Å². The molecule has 2 aromatic heterocycles. The summed E-state index contributed by atoms with van der Waals surface area (Å²) in [7, 11) is 0. The van der Waals surface area contributed by atoms with Crippen molar-refractivity contribution in [3.8, 4) is 23.0 Å². The number of oxazole rings is 1. The molecule has 30 heavy (non-hydrogen) atoms. The first-order valence-electron chi connectivity index (χ1n) is 9.36. The molecule has 2 aromatic carbocycles. The Kier molecular flexibility index (Phi) is 6.06. The zero-order valence-electron chi connectivity index (χ0n) is 15.9. The highest BCUT2D eigenvalue weighted by Gasteiger charge is 2.12. The minimum absolute atomic E-state index is 0.188. The number of halogens is 1. The number of aromatic nitrogens is 2. The number of aryl methyl sites for hydroxylation is 1. The molecule has 7 heteroatoms. The number of ether oxygens (including phenoxy) is 1. The normalized spacial score (nSPS) is 10.6. The number of nitrogens with one attached hydrogen (secondary N) is 1. The zero-order chi connectivity index (χ0) is 20.8. The van der Waals surface area contributed by atoms with Gasteiger partial charge < -0.3 is 14.5 Å². The molecule has 2 heterocycles. The minimum atomic E-state index is -0.188. The summed E-state index contributed by atoms with van der Waals surface area (Å²) < 4.78 is 11.5. The molecule has 6 nitrogen and oxygen atoms in total. The topological polar surface area (TPSA) is 77.3 Å². The predicted octanol–water partition coefficient (Wildman–Crippen LogP) is 5.75. The predicted molar refractivity (Wildman–Crippen MR) is 115 cm³/mol. The standard InChI is InChI=1S/C23H18ClN3O3/c24-17-10-8-16(9-11-17)20-15-26-22(30-20)13-12-21(28)27-19-7-4-14-25-23(19)29-18-5-2-1-3-6-18/h1-11,14-15H,12-13H2,(H,27,28). The Bertz CT molecular complexity index is 1130. The highest BCUT2D eigenvalue weighted by Crippen LogP contribution is 2.27. The summed E-state index contributed by atoms with van der Waals surface area (Å²) in [5, 5.41) is 3.49. The quantitative estimate of drug-likeness (QED) is 0.412. The van der Waals surface area contributed by atoms with E-state index in [0.29, 0.717) is 40.4 Å². The summed E-state index contributed by atoms with van der Waals surface area (Å²) in [5.74, 6) is 1.90. The highest BCUT2D eigenvalue weighted by molar-refractivity contribution is 6.30. The first kappa shape index (κ1) is 19.7. The summed E-state index contributed by atoms with van der Waals surface area (Å²) in [6.45, 7) is 0. The van der Waals surface area contributed by atoms with Crippen molar-refractivity contribution < 1.29 is 13.9 Å². The van der Waals surface area contributed by atoms with Crippen LogP contribution in [0.4, 0.5) is 5.69 Å². The van der Waals surface area contributed by atoms with Crippen molar-refractivity contribution in [2.45, 2.75) is 12.8 Å². The maximum absolute atomic E-state index is 12.4. The minimum Gasteiger partial charge on any atom is -0.441 e. The summed E-state index contributed by atoms with van der Waals surface area (Å²) >= 11 is 5.91. The van der Waals surface area contributed by atoms with Gasteiger partial charge >= 0.3 is 0 Å². The van der Waals surface area contributed by atoms with Gasteiger partial charge in [0.2, 0.25) is 11.8 Å². The lowest BCUT2D eigenvalue weighted by molar-refractivity contribution is -0.116. The fraction of sp³-hybridized carbons (Fsp3) is 0.0870. The van der Waals surface area contributed by atoms with Crippen molar-refractivity contribution in [3.63, 3.8) is 0 Å². The molecule has 150 valence electrons. The Labute approximate surface area is 178 Å². The second-order valence-electron chi connectivity index (χ2n) is 6.44. The first-order valence-corrected chi connectivity index (χ1v) is 9.73. The Morgan fingerprint density at radius 1 is 1.00 bits per heavy atom. The molecule has 0 unspecified atom stereocenters. The Hall–Kier alpha value is -3.64. The van der Waals surface area contributed by atoms with Gasteiger partial charge in [0.05, 0.1) is 6.20 Å². The van der Waals surface area contributed by atoms with Gasteiger partial charge in [0, 0.05) is 29.6 Å². The van der Waals surface area contributed by atoms with Gasteiger partial charge in [-0.2, -0.15) is 0 Å². The van der Waals surface area contributed by atoms with Crippen LogP contribution in [0.15, 0.2) is 83.5 Å². The number of para-hydroxylation sites is 1. The van der Waals surface area contributed by atoms with E-state index in [1.54, 1.807) is 36.7 Å². The monoisotopic (exact) mass is 419 g/mol. The molecule has 4 aromatic rings. The highest BCUT2D eigenvalue weighted by atomic mass is 35.5. The molecular weight excluding hydrogens is 402 g/mol. The van der Waals surface area contributed by atoms with E-state index >= 15 is 0 Å². The molecule has 0 fully saturated rings. The van der Waals surface area contributed by atoms with Crippen LogP contribution in [0.3, 0.4) is 0 Å². The van der Waals surface area contributed by atoms with Crippen LogP contribution in [0, 0.1) is 0 Å². The van der Waals surface area contributed by atoms with Gasteiger partial charge in [-0.1, -0.05) is 29.8 Å². The number of benzene rings is 2. The molecule has 0 spiro atoms. The number of nitrogens with zero attached hydrogens (tertiary/aromatic N) is 2. The van der Waals surface area contributed by atoms with Gasteiger partial charge in [-0.25, -0.2) is 9.97 Å². The number of hydrogen-bond donors (Lipinski definition) is 1. The van der Waals surface area contributed by atoms with Crippen molar-refractivity contribution in [3.05, 3.63) is 90.0 Å². The summed E-state index contributed by atoms with van der Waals surface area (Å²) in [6.07, 6.45) is 3.83. The van der Waals surface area contributed by atoms with E-state index in [4.69, 9.17) is 20.8 Å². The SMILES string of the molecule is O=C(CCc1ncc(-c2ccc(Cl)cc2)o1)Nc1cccnc1Oc1ccccc1. The summed E-state index contributed by atoms with van der Waals surface area (Å²) in [5.41, 5.74) is 1.38. The van der Waals surface area contributed by atoms with Crippen LogP contribution in [0.5, 0.6) is 11.6 Å². The molecule has 0 aliphatic heterocycles. The van der Waals surface area contributed by atoms with E-state index in [-0.39, 0.29) is 12.3 Å². The van der Waals surface area contributed by atoms with E-state index in [1.807, 2.05) is 42.5 Å². The average Bonchev–Trinajstić information content (AvgIpc) is 3.24. The van der Waals surface area contributed by atoms with Crippen LogP contribution >= 0.6 is 11.6 Å². The molecule has 0 aliphatic rings. The van der Waals surface area contributed by atoms with Gasteiger partial charge in [-0.3, -0.25) is 4.79 Å². The number of anilines is 1. The van der Waals surface area contributed by atoms with Gasteiger partial charge in [0.1, 0.15) is 11.4 Å². The molecule has 1 amide bonds. The molecule has 0 saturated carbocycles. The molecule has 0 radical (unpaired) electrons. The fourth-order valence-electron chi connectivity index (χ4n) is 2.77. The lowest BCUT2D eigenvalue weighted by Crippen LogP contribution is -2.13. The largest absolute Gasteiger partial charge is 0.441 e. The van der Waals surface area contributed by atoms with Crippen LogP contribution in [0.25, 0.3) is 11.3 Å². The fourth-order valence-corrected chi connectivity index (χ4v) is 2.90. The van der Waals surface area contributed by atoms with Gasteiger partial charge in [-0.05, 0) is 48.5 Å².